The zero-order valence-corrected chi connectivity index (χ0v) is 12.0. The van der Waals surface area contributed by atoms with Gasteiger partial charge in [-0.3, -0.25) is 0 Å². The molecule has 2 nitrogen and oxygen atoms in total. The second-order valence-electron chi connectivity index (χ2n) is 4.92. The van der Waals surface area contributed by atoms with Gasteiger partial charge in [-0.05, 0) is 49.9 Å². The van der Waals surface area contributed by atoms with E-state index >= 15 is 0 Å². The second-order valence-corrected chi connectivity index (χ2v) is 5.19. The Hall–Kier alpha value is -0.730. The molecule has 100 valence electrons. The fourth-order valence-corrected chi connectivity index (χ4v) is 2.78. The number of anilines is 1. The van der Waals surface area contributed by atoms with Crippen molar-refractivity contribution in [1.29, 1.82) is 0 Å². The molecule has 1 aromatic carbocycles. The van der Waals surface area contributed by atoms with Crippen molar-refractivity contribution in [2.75, 3.05) is 24.6 Å². The molecule has 1 heterocycles. The van der Waals surface area contributed by atoms with Gasteiger partial charge in [-0.15, -0.1) is 11.6 Å². The first-order chi connectivity index (χ1) is 8.74. The van der Waals surface area contributed by atoms with E-state index in [1.54, 1.807) is 0 Å². The maximum Gasteiger partial charge on any atom is 0.0750 e. The average molecular weight is 268 g/mol. The second kappa shape index (κ2) is 6.44. The van der Waals surface area contributed by atoms with Crippen LogP contribution in [0.4, 0.5) is 5.69 Å². The molecule has 0 aliphatic carbocycles. The van der Waals surface area contributed by atoms with Crippen molar-refractivity contribution in [2.45, 2.75) is 38.7 Å². The van der Waals surface area contributed by atoms with Crippen molar-refractivity contribution in [1.82, 2.24) is 0 Å². The van der Waals surface area contributed by atoms with Crippen LogP contribution in [0, 0.1) is 6.92 Å². The van der Waals surface area contributed by atoms with Crippen LogP contribution in [-0.2, 0) is 10.6 Å². The molecule has 0 saturated carbocycles. The minimum atomic E-state index is 0.401. The van der Waals surface area contributed by atoms with E-state index in [0.29, 0.717) is 12.0 Å². The number of benzene rings is 1. The molecule has 1 aliphatic heterocycles. The Balaban J connectivity index is 2.08. The van der Waals surface area contributed by atoms with E-state index in [-0.39, 0.29) is 0 Å². The van der Waals surface area contributed by atoms with Crippen LogP contribution in [0.1, 0.15) is 30.9 Å². The van der Waals surface area contributed by atoms with E-state index in [1.165, 1.54) is 29.7 Å². The number of hydrogen-bond donors (Lipinski definition) is 0. The van der Waals surface area contributed by atoms with Crippen LogP contribution in [0.3, 0.4) is 0 Å². The number of rotatable bonds is 5. The number of nitrogens with zero attached hydrogens (tertiary/aromatic N) is 1. The predicted octanol–water partition coefficient (Wildman–Crippen LogP) is 3.74. The maximum atomic E-state index is 5.90. The number of hydrogen-bond acceptors (Lipinski definition) is 2. The molecule has 0 radical (unpaired) electrons. The summed E-state index contributed by atoms with van der Waals surface area (Å²) >= 11 is 5.90. The maximum absolute atomic E-state index is 5.90. The number of alkyl halides is 1. The van der Waals surface area contributed by atoms with E-state index < -0.39 is 0 Å². The molecule has 1 aromatic rings. The monoisotopic (exact) mass is 267 g/mol. The van der Waals surface area contributed by atoms with E-state index in [1.807, 2.05) is 0 Å². The Morgan fingerprint density at radius 1 is 1.44 bits per heavy atom. The van der Waals surface area contributed by atoms with Crippen LogP contribution >= 0.6 is 11.6 Å². The third-order valence-corrected chi connectivity index (χ3v) is 3.95. The van der Waals surface area contributed by atoms with Gasteiger partial charge in [0, 0.05) is 31.3 Å². The third-order valence-electron chi connectivity index (χ3n) is 3.67. The van der Waals surface area contributed by atoms with Crippen LogP contribution in [0.2, 0.25) is 0 Å². The van der Waals surface area contributed by atoms with Crippen LogP contribution < -0.4 is 4.90 Å². The standard InChI is InChI=1S/C15H22ClNO/c1-3-17(11-15-5-4-8-18-15)14-7-6-13(10-16)12(2)9-14/h6-7,9,15H,3-5,8,10-11H2,1-2H3. The molecule has 1 saturated heterocycles. The van der Waals surface area contributed by atoms with Gasteiger partial charge in [0.2, 0.25) is 0 Å². The number of halogens is 1. The highest BCUT2D eigenvalue weighted by Crippen LogP contribution is 2.22. The summed E-state index contributed by atoms with van der Waals surface area (Å²) in [7, 11) is 0. The van der Waals surface area contributed by atoms with Gasteiger partial charge >= 0.3 is 0 Å². The molecule has 2 rings (SSSR count). The lowest BCUT2D eigenvalue weighted by Gasteiger charge is -2.26. The Labute approximate surface area is 115 Å². The quantitative estimate of drug-likeness (QED) is 0.754. The molecule has 0 spiro atoms. The van der Waals surface area contributed by atoms with Gasteiger partial charge in [0.15, 0.2) is 0 Å². The molecule has 0 N–H and O–H groups in total. The molecular weight excluding hydrogens is 246 g/mol. The summed E-state index contributed by atoms with van der Waals surface area (Å²) in [5.74, 6) is 0.587. The summed E-state index contributed by atoms with van der Waals surface area (Å²) in [5, 5.41) is 0. The lowest BCUT2D eigenvalue weighted by molar-refractivity contribution is 0.115. The first-order valence-electron chi connectivity index (χ1n) is 6.76. The van der Waals surface area contributed by atoms with Gasteiger partial charge in [-0.2, -0.15) is 0 Å². The van der Waals surface area contributed by atoms with E-state index in [0.717, 1.165) is 19.7 Å². The number of likely N-dealkylation sites (N-methyl/N-ethyl adjacent to an activating group) is 1. The van der Waals surface area contributed by atoms with Crippen molar-refractivity contribution >= 4 is 17.3 Å². The molecule has 18 heavy (non-hydrogen) atoms. The van der Waals surface area contributed by atoms with Gasteiger partial charge in [0.25, 0.3) is 0 Å². The molecule has 1 atom stereocenters. The molecule has 1 fully saturated rings. The van der Waals surface area contributed by atoms with Gasteiger partial charge < -0.3 is 9.64 Å². The van der Waals surface area contributed by atoms with Crippen molar-refractivity contribution in [2.24, 2.45) is 0 Å². The lowest BCUT2D eigenvalue weighted by atomic mass is 10.1. The van der Waals surface area contributed by atoms with Crippen molar-refractivity contribution < 1.29 is 4.74 Å². The normalized spacial score (nSPS) is 19.2. The zero-order valence-electron chi connectivity index (χ0n) is 11.3. The summed E-state index contributed by atoms with van der Waals surface area (Å²) in [6.45, 7) is 7.25. The third kappa shape index (κ3) is 3.18. The van der Waals surface area contributed by atoms with Gasteiger partial charge in [-0.1, -0.05) is 6.07 Å². The van der Waals surface area contributed by atoms with Crippen LogP contribution in [0.5, 0.6) is 0 Å². The van der Waals surface area contributed by atoms with Crippen molar-refractivity contribution in [3.8, 4) is 0 Å². The van der Waals surface area contributed by atoms with Crippen LogP contribution in [0.25, 0.3) is 0 Å². The molecule has 0 bridgehead atoms. The zero-order chi connectivity index (χ0) is 13.0. The number of aryl methyl sites for hydroxylation is 1. The van der Waals surface area contributed by atoms with Crippen molar-refractivity contribution in [3.63, 3.8) is 0 Å². The molecule has 3 heteroatoms. The molecule has 0 aromatic heterocycles. The first-order valence-corrected chi connectivity index (χ1v) is 7.30. The van der Waals surface area contributed by atoms with Gasteiger partial charge in [0.05, 0.1) is 6.10 Å². The summed E-state index contributed by atoms with van der Waals surface area (Å²) in [6.07, 6.45) is 2.79. The Kier molecular flexibility index (Phi) is 4.90. The highest BCUT2D eigenvalue weighted by atomic mass is 35.5. The molecule has 1 aliphatic rings. The van der Waals surface area contributed by atoms with Gasteiger partial charge in [0.1, 0.15) is 0 Å². The number of ether oxygens (including phenoxy) is 1. The first kappa shape index (κ1) is 13.7. The highest BCUT2D eigenvalue weighted by molar-refractivity contribution is 6.17. The van der Waals surface area contributed by atoms with E-state index in [4.69, 9.17) is 16.3 Å². The lowest BCUT2D eigenvalue weighted by Crippen LogP contribution is -2.32. The Morgan fingerprint density at radius 3 is 2.83 bits per heavy atom. The molecule has 0 amide bonds. The Morgan fingerprint density at radius 2 is 2.28 bits per heavy atom. The topological polar surface area (TPSA) is 12.5 Å². The summed E-state index contributed by atoms with van der Waals surface area (Å²) in [4.78, 5) is 2.39. The smallest absolute Gasteiger partial charge is 0.0750 e. The Bertz CT molecular complexity index is 388. The SMILES string of the molecule is CCN(CC1CCCO1)c1ccc(CCl)c(C)c1. The minimum Gasteiger partial charge on any atom is -0.376 e. The van der Waals surface area contributed by atoms with E-state index in [9.17, 15) is 0 Å². The summed E-state index contributed by atoms with van der Waals surface area (Å²) in [6, 6.07) is 6.54. The largest absolute Gasteiger partial charge is 0.376 e. The summed E-state index contributed by atoms with van der Waals surface area (Å²) in [5.41, 5.74) is 3.77. The van der Waals surface area contributed by atoms with Crippen molar-refractivity contribution in [3.05, 3.63) is 29.3 Å². The minimum absolute atomic E-state index is 0.401. The summed E-state index contributed by atoms with van der Waals surface area (Å²) < 4.78 is 5.72. The van der Waals surface area contributed by atoms with Gasteiger partial charge in [-0.25, -0.2) is 0 Å². The molecule has 1 unspecified atom stereocenters. The molecular formula is C15H22ClNO. The fourth-order valence-electron chi connectivity index (χ4n) is 2.48. The highest BCUT2D eigenvalue weighted by Gasteiger charge is 2.18. The average Bonchev–Trinajstić information content (AvgIpc) is 2.88. The van der Waals surface area contributed by atoms with E-state index in [2.05, 4.69) is 36.9 Å². The van der Waals surface area contributed by atoms with Crippen LogP contribution in [-0.4, -0.2) is 25.8 Å². The fraction of sp³-hybridized carbons (Fsp3) is 0.600. The van der Waals surface area contributed by atoms with Crippen LogP contribution in [0.15, 0.2) is 18.2 Å². The predicted molar refractivity (Wildman–Crippen MR) is 77.6 cm³/mol.